The van der Waals surface area contributed by atoms with Crippen molar-refractivity contribution in [1.29, 1.82) is 0 Å². The Hall–Kier alpha value is -1.60. The van der Waals surface area contributed by atoms with Gasteiger partial charge < -0.3 is 10.2 Å². The van der Waals surface area contributed by atoms with Crippen LogP contribution in [0.3, 0.4) is 0 Å². The number of hydrogen-bond donors (Lipinski definition) is 2. The number of carbonyl (C=O) groups is 1. The van der Waals surface area contributed by atoms with Gasteiger partial charge in [-0.2, -0.15) is 4.31 Å². The number of hydrogen-bond acceptors (Lipinski definition) is 4. The Morgan fingerprint density at radius 2 is 1.90 bits per heavy atom. The predicted molar refractivity (Wildman–Crippen MR) is 79.1 cm³/mol. The number of carboxylic acid groups (broad SMARTS) is 1. The average molecular weight is 315 g/mol. The summed E-state index contributed by atoms with van der Waals surface area (Å²) in [5.74, 6) is -1.80. The number of aromatic carboxylic acids is 1. The molecule has 0 atom stereocenters. The summed E-state index contributed by atoms with van der Waals surface area (Å²) in [6, 6.07) is 2.20. The van der Waals surface area contributed by atoms with E-state index in [1.165, 1.54) is 17.3 Å². The molecule has 2 N–H and O–H groups in total. The molecule has 0 aliphatic heterocycles. The highest BCUT2D eigenvalue weighted by atomic mass is 32.2. The van der Waals surface area contributed by atoms with Crippen molar-refractivity contribution in [3.63, 3.8) is 0 Å². The number of aromatic hydroxyl groups is 1. The van der Waals surface area contributed by atoms with Crippen molar-refractivity contribution in [2.75, 3.05) is 13.1 Å². The Kier molecular flexibility index (Phi) is 5.74. The number of aryl methyl sites for hydroxylation is 1. The number of unbranched alkanes of at least 4 members (excludes halogenated alkanes) is 1. The third kappa shape index (κ3) is 3.74. The Bertz CT molecular complexity index is 624. The molecule has 0 aliphatic rings. The fraction of sp³-hybridized carbons (Fsp3) is 0.500. The third-order valence-corrected chi connectivity index (χ3v) is 5.37. The quantitative estimate of drug-likeness (QED) is 0.804. The van der Waals surface area contributed by atoms with E-state index in [0.29, 0.717) is 18.7 Å². The zero-order chi connectivity index (χ0) is 16.2. The molecule has 0 aliphatic carbocycles. The lowest BCUT2D eigenvalue weighted by atomic mass is 10.1. The normalized spacial score (nSPS) is 11.8. The molecule has 0 radical (unpaired) electrons. The maximum absolute atomic E-state index is 12.6. The third-order valence-electron chi connectivity index (χ3n) is 3.26. The van der Waals surface area contributed by atoms with Gasteiger partial charge in [-0.25, -0.2) is 13.2 Å². The molecule has 6 nitrogen and oxygen atoms in total. The van der Waals surface area contributed by atoms with Crippen LogP contribution in [0.1, 0.15) is 42.6 Å². The highest BCUT2D eigenvalue weighted by Gasteiger charge is 2.26. The summed E-state index contributed by atoms with van der Waals surface area (Å²) in [5.41, 5.74) is -0.0850. The van der Waals surface area contributed by atoms with E-state index in [9.17, 15) is 18.3 Å². The summed E-state index contributed by atoms with van der Waals surface area (Å²) >= 11 is 0. The zero-order valence-corrected chi connectivity index (χ0v) is 13.3. The number of nitrogens with zero attached hydrogens (tertiary/aromatic N) is 1. The predicted octanol–water partition coefficient (Wildman–Crippen LogP) is 2.21. The minimum absolute atomic E-state index is 0.0735. The van der Waals surface area contributed by atoms with Crippen LogP contribution in [-0.2, 0) is 10.0 Å². The number of benzene rings is 1. The number of carboxylic acids is 1. The molecule has 7 heteroatoms. The molecule has 0 saturated carbocycles. The number of sulfonamides is 1. The molecule has 21 heavy (non-hydrogen) atoms. The van der Waals surface area contributed by atoms with Crippen molar-refractivity contribution in [3.8, 4) is 5.75 Å². The molecule has 1 aromatic rings. The van der Waals surface area contributed by atoms with Gasteiger partial charge >= 0.3 is 5.97 Å². The van der Waals surface area contributed by atoms with Crippen LogP contribution >= 0.6 is 0 Å². The van der Waals surface area contributed by atoms with Gasteiger partial charge in [-0.05, 0) is 31.0 Å². The molecule has 0 bridgehead atoms. The van der Waals surface area contributed by atoms with Crippen LogP contribution in [0.4, 0.5) is 0 Å². The molecule has 0 unspecified atom stereocenters. The second kappa shape index (κ2) is 6.91. The maximum atomic E-state index is 12.6. The van der Waals surface area contributed by atoms with E-state index in [1.54, 1.807) is 6.92 Å². The van der Waals surface area contributed by atoms with E-state index in [-0.39, 0.29) is 4.90 Å². The monoisotopic (exact) mass is 315 g/mol. The van der Waals surface area contributed by atoms with Crippen LogP contribution in [0, 0.1) is 6.92 Å². The van der Waals surface area contributed by atoms with Gasteiger partial charge in [0.25, 0.3) is 0 Å². The lowest BCUT2D eigenvalue weighted by molar-refractivity contribution is 0.0693. The fourth-order valence-corrected chi connectivity index (χ4v) is 3.76. The molecule has 1 aromatic carbocycles. The molecular weight excluding hydrogens is 294 g/mol. The van der Waals surface area contributed by atoms with E-state index < -0.39 is 27.3 Å². The zero-order valence-electron chi connectivity index (χ0n) is 12.5. The molecule has 0 amide bonds. The second-order valence-electron chi connectivity index (χ2n) is 4.79. The Morgan fingerprint density at radius 3 is 2.38 bits per heavy atom. The van der Waals surface area contributed by atoms with Crippen LogP contribution < -0.4 is 0 Å². The van der Waals surface area contributed by atoms with Gasteiger partial charge in [0.2, 0.25) is 10.0 Å². The van der Waals surface area contributed by atoms with Crippen LogP contribution in [0.15, 0.2) is 17.0 Å². The summed E-state index contributed by atoms with van der Waals surface area (Å²) in [6.07, 6.45) is 1.59. The van der Waals surface area contributed by atoms with Crippen molar-refractivity contribution in [2.24, 2.45) is 0 Å². The van der Waals surface area contributed by atoms with Gasteiger partial charge in [-0.15, -0.1) is 0 Å². The summed E-state index contributed by atoms with van der Waals surface area (Å²) in [7, 11) is -3.77. The summed E-state index contributed by atoms with van der Waals surface area (Å²) in [4.78, 5) is 11.0. The molecule has 0 fully saturated rings. The van der Waals surface area contributed by atoms with E-state index in [2.05, 4.69) is 0 Å². The lowest BCUT2D eigenvalue weighted by Crippen LogP contribution is -2.32. The molecule has 0 heterocycles. The largest absolute Gasteiger partial charge is 0.507 e. The highest BCUT2D eigenvalue weighted by molar-refractivity contribution is 7.89. The molecule has 0 spiro atoms. The first-order valence-electron chi connectivity index (χ1n) is 6.82. The first kappa shape index (κ1) is 17.5. The number of rotatable bonds is 7. The van der Waals surface area contributed by atoms with Crippen LogP contribution in [0.2, 0.25) is 0 Å². The van der Waals surface area contributed by atoms with Gasteiger partial charge in [0, 0.05) is 13.1 Å². The van der Waals surface area contributed by atoms with Gasteiger partial charge in [0.05, 0.1) is 4.90 Å². The standard InChI is InChI=1S/C14H21NO5S/c1-4-6-7-15(5-2)21(19,20)13-9-11(14(17)18)12(16)8-10(13)3/h8-9,16H,4-7H2,1-3H3,(H,17,18). The molecule has 118 valence electrons. The van der Waals surface area contributed by atoms with Gasteiger partial charge in [-0.3, -0.25) is 0 Å². The Labute approximate surface area is 125 Å². The first-order valence-corrected chi connectivity index (χ1v) is 8.26. The van der Waals surface area contributed by atoms with E-state index in [0.717, 1.165) is 18.9 Å². The van der Waals surface area contributed by atoms with E-state index in [4.69, 9.17) is 5.11 Å². The van der Waals surface area contributed by atoms with Gasteiger partial charge in [0.15, 0.2) is 0 Å². The summed E-state index contributed by atoms with van der Waals surface area (Å²) < 4.78 is 26.6. The van der Waals surface area contributed by atoms with Crippen LogP contribution in [0.25, 0.3) is 0 Å². The summed E-state index contributed by atoms with van der Waals surface area (Å²) in [6.45, 7) is 5.94. The van der Waals surface area contributed by atoms with E-state index >= 15 is 0 Å². The van der Waals surface area contributed by atoms with Crippen molar-refractivity contribution in [1.82, 2.24) is 4.31 Å². The maximum Gasteiger partial charge on any atom is 0.339 e. The van der Waals surface area contributed by atoms with Crippen molar-refractivity contribution < 1.29 is 23.4 Å². The highest BCUT2D eigenvalue weighted by Crippen LogP contribution is 2.27. The topological polar surface area (TPSA) is 94.9 Å². The fourth-order valence-electron chi connectivity index (χ4n) is 2.04. The Morgan fingerprint density at radius 1 is 1.29 bits per heavy atom. The van der Waals surface area contributed by atoms with Crippen LogP contribution in [-0.4, -0.2) is 42.0 Å². The van der Waals surface area contributed by atoms with Crippen molar-refractivity contribution in [3.05, 3.63) is 23.3 Å². The summed E-state index contributed by atoms with van der Waals surface area (Å²) in [5, 5.41) is 18.6. The molecule has 1 rings (SSSR count). The Balaban J connectivity index is 3.36. The SMILES string of the molecule is CCCCN(CC)S(=O)(=O)c1cc(C(=O)O)c(O)cc1C. The van der Waals surface area contributed by atoms with Crippen molar-refractivity contribution in [2.45, 2.75) is 38.5 Å². The smallest absolute Gasteiger partial charge is 0.339 e. The van der Waals surface area contributed by atoms with E-state index in [1.807, 2.05) is 6.92 Å². The average Bonchev–Trinajstić information content (AvgIpc) is 2.38. The minimum atomic E-state index is -3.77. The lowest BCUT2D eigenvalue weighted by Gasteiger charge is -2.21. The van der Waals surface area contributed by atoms with Gasteiger partial charge in [-0.1, -0.05) is 20.3 Å². The molecule has 0 saturated heterocycles. The van der Waals surface area contributed by atoms with Crippen LogP contribution in [0.5, 0.6) is 5.75 Å². The van der Waals surface area contributed by atoms with Gasteiger partial charge in [0.1, 0.15) is 11.3 Å². The molecular formula is C14H21NO5S. The first-order chi connectivity index (χ1) is 9.75. The molecule has 0 aromatic heterocycles. The number of phenols is 1. The second-order valence-corrected chi connectivity index (χ2v) is 6.70. The van der Waals surface area contributed by atoms with Crippen molar-refractivity contribution >= 4 is 16.0 Å². The minimum Gasteiger partial charge on any atom is -0.507 e.